The van der Waals surface area contributed by atoms with Gasteiger partial charge in [-0.3, -0.25) is 0 Å². The Bertz CT molecular complexity index is 381. The van der Waals surface area contributed by atoms with E-state index >= 15 is 0 Å². The number of ether oxygens (including phenoxy) is 1. The molecule has 2 N–H and O–H groups in total. The van der Waals surface area contributed by atoms with Crippen molar-refractivity contribution in [1.29, 1.82) is 0 Å². The molecule has 0 aliphatic heterocycles. The minimum atomic E-state index is -0.395. The fourth-order valence-electron chi connectivity index (χ4n) is 1.73. The van der Waals surface area contributed by atoms with Crippen molar-refractivity contribution in [2.45, 2.75) is 32.2 Å². The molecule has 1 fully saturated rings. The Morgan fingerprint density at radius 3 is 2.76 bits per heavy atom. The fraction of sp³-hybridized carbons (Fsp3) is 0.538. The van der Waals surface area contributed by atoms with Crippen LogP contribution in [-0.2, 0) is 6.42 Å². The average molecular weight is 258 g/mol. The van der Waals surface area contributed by atoms with Crippen LogP contribution in [0.15, 0.2) is 12.1 Å². The second-order valence-corrected chi connectivity index (χ2v) is 5.23. The summed E-state index contributed by atoms with van der Waals surface area (Å²) < 4.78 is 19.2. The first kappa shape index (κ1) is 12.7. The Kier molecular flexibility index (Phi) is 3.89. The molecule has 94 valence electrons. The molecule has 1 aliphatic carbocycles. The summed E-state index contributed by atoms with van der Waals surface area (Å²) >= 11 is 6.02. The zero-order valence-corrected chi connectivity index (χ0v) is 10.6. The van der Waals surface area contributed by atoms with Crippen molar-refractivity contribution < 1.29 is 9.13 Å². The predicted octanol–water partition coefficient (Wildman–Crippen LogP) is 3.16. The first-order valence-electron chi connectivity index (χ1n) is 5.92. The Balaban J connectivity index is 2.09. The van der Waals surface area contributed by atoms with E-state index in [1.165, 1.54) is 18.9 Å². The lowest BCUT2D eigenvalue weighted by molar-refractivity contribution is 0.285. The van der Waals surface area contributed by atoms with Crippen LogP contribution in [0.1, 0.15) is 25.3 Å². The first-order valence-corrected chi connectivity index (χ1v) is 6.30. The Morgan fingerprint density at radius 1 is 1.53 bits per heavy atom. The lowest BCUT2D eigenvalue weighted by Gasteiger charge is -2.11. The lowest BCUT2D eigenvalue weighted by Crippen LogP contribution is -2.17. The van der Waals surface area contributed by atoms with Gasteiger partial charge >= 0.3 is 0 Å². The van der Waals surface area contributed by atoms with Crippen LogP contribution in [0, 0.1) is 11.7 Å². The van der Waals surface area contributed by atoms with Gasteiger partial charge in [0.15, 0.2) is 11.6 Å². The van der Waals surface area contributed by atoms with E-state index in [2.05, 4.69) is 0 Å². The molecule has 1 aliphatic rings. The molecule has 0 amide bonds. The van der Waals surface area contributed by atoms with E-state index in [4.69, 9.17) is 22.1 Å². The summed E-state index contributed by atoms with van der Waals surface area (Å²) in [6.45, 7) is 2.44. The zero-order chi connectivity index (χ0) is 12.4. The molecule has 0 aromatic heterocycles. The summed E-state index contributed by atoms with van der Waals surface area (Å²) in [5.74, 6) is 0.356. The van der Waals surface area contributed by atoms with E-state index in [-0.39, 0.29) is 11.8 Å². The van der Waals surface area contributed by atoms with Gasteiger partial charge in [0.05, 0.1) is 11.6 Å². The summed E-state index contributed by atoms with van der Waals surface area (Å²) in [6.07, 6.45) is 2.95. The number of nitrogens with two attached hydrogens (primary N) is 1. The molecule has 0 radical (unpaired) electrons. The van der Waals surface area contributed by atoms with E-state index in [0.717, 1.165) is 5.56 Å². The van der Waals surface area contributed by atoms with Crippen LogP contribution in [-0.4, -0.2) is 12.6 Å². The third kappa shape index (κ3) is 3.58. The zero-order valence-electron chi connectivity index (χ0n) is 9.88. The van der Waals surface area contributed by atoms with E-state index in [1.807, 2.05) is 6.92 Å². The van der Waals surface area contributed by atoms with Crippen molar-refractivity contribution in [3.05, 3.63) is 28.5 Å². The van der Waals surface area contributed by atoms with Gasteiger partial charge in [0.2, 0.25) is 0 Å². The standard InChI is InChI=1S/C13H17ClFNO/c1-8(16)4-10-5-11(14)13(12(15)6-10)17-7-9-2-3-9/h5-6,8-9H,2-4,7,16H2,1H3. The number of hydrogen-bond donors (Lipinski definition) is 1. The van der Waals surface area contributed by atoms with Crippen LogP contribution in [0.2, 0.25) is 5.02 Å². The second kappa shape index (κ2) is 5.23. The van der Waals surface area contributed by atoms with Gasteiger partial charge in [-0.1, -0.05) is 11.6 Å². The molecule has 2 rings (SSSR count). The highest BCUT2D eigenvalue weighted by Crippen LogP contribution is 2.33. The first-order chi connectivity index (χ1) is 8.06. The SMILES string of the molecule is CC(N)Cc1cc(F)c(OCC2CC2)c(Cl)c1. The van der Waals surface area contributed by atoms with E-state index in [1.54, 1.807) is 6.07 Å². The van der Waals surface area contributed by atoms with Crippen LogP contribution in [0.3, 0.4) is 0 Å². The van der Waals surface area contributed by atoms with Crippen LogP contribution in [0.4, 0.5) is 4.39 Å². The second-order valence-electron chi connectivity index (χ2n) is 4.82. The van der Waals surface area contributed by atoms with Crippen LogP contribution >= 0.6 is 11.6 Å². The van der Waals surface area contributed by atoms with Gasteiger partial charge in [0.25, 0.3) is 0 Å². The molecule has 4 heteroatoms. The maximum atomic E-state index is 13.8. The third-order valence-corrected chi connectivity index (χ3v) is 3.06. The Labute approximate surface area is 106 Å². The van der Waals surface area contributed by atoms with E-state index < -0.39 is 5.82 Å². The highest BCUT2D eigenvalue weighted by atomic mass is 35.5. The maximum absolute atomic E-state index is 13.8. The molecule has 0 heterocycles. The molecular weight excluding hydrogens is 241 g/mol. The normalized spacial score (nSPS) is 16.9. The van der Waals surface area contributed by atoms with Gasteiger partial charge in [-0.2, -0.15) is 0 Å². The smallest absolute Gasteiger partial charge is 0.173 e. The summed E-state index contributed by atoms with van der Waals surface area (Å²) in [6, 6.07) is 3.18. The molecule has 1 saturated carbocycles. The van der Waals surface area contributed by atoms with Crippen molar-refractivity contribution in [2.24, 2.45) is 11.7 Å². The van der Waals surface area contributed by atoms with Gasteiger partial charge in [-0.15, -0.1) is 0 Å². The van der Waals surface area contributed by atoms with Gasteiger partial charge in [0, 0.05) is 6.04 Å². The predicted molar refractivity (Wildman–Crippen MR) is 67.0 cm³/mol. The summed E-state index contributed by atoms with van der Waals surface area (Å²) in [4.78, 5) is 0. The number of benzene rings is 1. The minimum Gasteiger partial charge on any atom is -0.489 e. The molecular formula is C13H17ClFNO. The van der Waals surface area contributed by atoms with Gasteiger partial charge < -0.3 is 10.5 Å². The minimum absolute atomic E-state index is 0.0105. The Morgan fingerprint density at radius 2 is 2.24 bits per heavy atom. The van der Waals surface area contributed by atoms with Crippen LogP contribution < -0.4 is 10.5 Å². The molecule has 17 heavy (non-hydrogen) atoms. The average Bonchev–Trinajstić information content (AvgIpc) is 2.98. The van der Waals surface area contributed by atoms with E-state index in [9.17, 15) is 4.39 Å². The van der Waals surface area contributed by atoms with Crippen LogP contribution in [0.5, 0.6) is 5.75 Å². The maximum Gasteiger partial charge on any atom is 0.173 e. The molecule has 1 unspecified atom stereocenters. The van der Waals surface area contributed by atoms with Crippen molar-refractivity contribution in [3.63, 3.8) is 0 Å². The lowest BCUT2D eigenvalue weighted by atomic mass is 10.1. The molecule has 0 bridgehead atoms. The molecule has 2 nitrogen and oxygen atoms in total. The number of rotatable bonds is 5. The highest BCUT2D eigenvalue weighted by Gasteiger charge is 2.23. The summed E-state index contributed by atoms with van der Waals surface area (Å²) in [5, 5.41) is 0.335. The third-order valence-electron chi connectivity index (χ3n) is 2.78. The molecule has 1 atom stereocenters. The van der Waals surface area contributed by atoms with Crippen molar-refractivity contribution in [1.82, 2.24) is 0 Å². The van der Waals surface area contributed by atoms with Gasteiger partial charge in [0.1, 0.15) is 0 Å². The topological polar surface area (TPSA) is 35.2 Å². The largest absolute Gasteiger partial charge is 0.489 e. The highest BCUT2D eigenvalue weighted by molar-refractivity contribution is 6.32. The monoisotopic (exact) mass is 257 g/mol. The Hall–Kier alpha value is -0.800. The van der Waals surface area contributed by atoms with Gasteiger partial charge in [-0.05, 0) is 49.8 Å². The number of hydrogen-bond acceptors (Lipinski definition) is 2. The summed E-state index contributed by atoms with van der Waals surface area (Å²) in [5.41, 5.74) is 6.48. The fourth-order valence-corrected chi connectivity index (χ4v) is 2.01. The van der Waals surface area contributed by atoms with Gasteiger partial charge in [-0.25, -0.2) is 4.39 Å². The van der Waals surface area contributed by atoms with E-state index in [0.29, 0.717) is 24.0 Å². The quantitative estimate of drug-likeness (QED) is 0.879. The molecule has 1 aromatic rings. The molecule has 1 aromatic carbocycles. The van der Waals surface area contributed by atoms with Crippen molar-refractivity contribution in [3.8, 4) is 5.75 Å². The van der Waals surface area contributed by atoms with Crippen molar-refractivity contribution >= 4 is 11.6 Å². The number of halogens is 2. The molecule has 0 saturated heterocycles. The molecule has 0 spiro atoms. The summed E-state index contributed by atoms with van der Waals surface area (Å²) in [7, 11) is 0. The van der Waals surface area contributed by atoms with Crippen LogP contribution in [0.25, 0.3) is 0 Å². The van der Waals surface area contributed by atoms with Crippen molar-refractivity contribution in [2.75, 3.05) is 6.61 Å².